The minimum absolute atomic E-state index is 0.554. The summed E-state index contributed by atoms with van der Waals surface area (Å²) in [6.07, 6.45) is 6.86. The molecular formula is C15H23N5. The molecule has 0 atom stereocenters. The second-order valence-electron chi connectivity index (χ2n) is 5.82. The molecule has 0 spiro atoms. The van der Waals surface area contributed by atoms with Gasteiger partial charge in [0.05, 0.1) is 0 Å². The van der Waals surface area contributed by atoms with Gasteiger partial charge < -0.3 is 10.2 Å². The second-order valence-corrected chi connectivity index (χ2v) is 5.82. The Morgan fingerprint density at radius 1 is 1.30 bits per heavy atom. The van der Waals surface area contributed by atoms with Crippen molar-refractivity contribution in [1.82, 2.24) is 19.9 Å². The van der Waals surface area contributed by atoms with E-state index in [1.807, 2.05) is 10.7 Å². The Hall–Kier alpha value is -1.62. The molecule has 0 aromatic carbocycles. The Morgan fingerprint density at radius 3 is 2.75 bits per heavy atom. The van der Waals surface area contributed by atoms with Gasteiger partial charge in [0.25, 0.3) is 0 Å². The molecule has 2 aromatic heterocycles. The van der Waals surface area contributed by atoms with Crippen LogP contribution in [0.5, 0.6) is 0 Å². The molecule has 0 radical (unpaired) electrons. The van der Waals surface area contributed by atoms with Crippen LogP contribution in [0, 0.1) is 6.92 Å². The average Bonchev–Trinajstić information content (AvgIpc) is 2.89. The third-order valence-corrected chi connectivity index (χ3v) is 4.45. The van der Waals surface area contributed by atoms with E-state index in [0.29, 0.717) is 12.1 Å². The molecule has 0 amide bonds. The van der Waals surface area contributed by atoms with E-state index in [4.69, 9.17) is 0 Å². The summed E-state index contributed by atoms with van der Waals surface area (Å²) in [6.45, 7) is 2.08. The minimum atomic E-state index is 0.554. The third-order valence-electron chi connectivity index (χ3n) is 4.45. The molecule has 108 valence electrons. The van der Waals surface area contributed by atoms with Crippen LogP contribution in [0.25, 0.3) is 5.65 Å². The molecule has 2 heterocycles. The van der Waals surface area contributed by atoms with Gasteiger partial charge in [0, 0.05) is 25.3 Å². The molecule has 1 aliphatic rings. The van der Waals surface area contributed by atoms with E-state index in [1.54, 1.807) is 0 Å². The summed E-state index contributed by atoms with van der Waals surface area (Å²) in [7, 11) is 4.17. The first kappa shape index (κ1) is 13.4. The molecule has 0 saturated heterocycles. The van der Waals surface area contributed by atoms with Gasteiger partial charge in [-0.05, 0) is 57.4 Å². The van der Waals surface area contributed by atoms with Crippen molar-refractivity contribution < 1.29 is 0 Å². The van der Waals surface area contributed by atoms with E-state index in [9.17, 15) is 0 Å². The molecule has 1 fully saturated rings. The molecule has 1 saturated carbocycles. The maximum absolute atomic E-state index is 4.65. The van der Waals surface area contributed by atoms with Crippen molar-refractivity contribution in [1.29, 1.82) is 0 Å². The van der Waals surface area contributed by atoms with Crippen molar-refractivity contribution in [3.8, 4) is 0 Å². The van der Waals surface area contributed by atoms with E-state index >= 15 is 0 Å². The molecule has 3 rings (SSSR count). The lowest BCUT2D eigenvalue weighted by Crippen LogP contribution is -2.40. The van der Waals surface area contributed by atoms with Crippen LogP contribution in [0.4, 0.5) is 5.95 Å². The van der Waals surface area contributed by atoms with Gasteiger partial charge in [-0.1, -0.05) is 0 Å². The molecule has 1 aliphatic carbocycles. The zero-order valence-corrected chi connectivity index (χ0v) is 12.5. The van der Waals surface area contributed by atoms with Gasteiger partial charge in [-0.25, -0.2) is 4.52 Å². The van der Waals surface area contributed by atoms with Gasteiger partial charge in [-0.2, -0.15) is 4.98 Å². The van der Waals surface area contributed by atoms with Crippen LogP contribution in [0.15, 0.2) is 18.3 Å². The van der Waals surface area contributed by atoms with Crippen LogP contribution < -0.4 is 10.2 Å². The number of fused-ring (bicyclic) bond motifs is 1. The monoisotopic (exact) mass is 273 g/mol. The summed E-state index contributed by atoms with van der Waals surface area (Å²) in [5, 5.41) is 7.96. The first-order valence-corrected chi connectivity index (χ1v) is 7.40. The molecule has 5 heteroatoms. The standard InChI is InChI=1S/C15H23N5/c1-11-8-9-20-14(10-11)17-15(18-20)19(3)13-6-4-12(16-2)5-7-13/h8-10,12-13,16H,4-7H2,1-3H3. The maximum Gasteiger partial charge on any atom is 0.245 e. The van der Waals surface area contributed by atoms with Gasteiger partial charge in [0.15, 0.2) is 5.65 Å². The smallest absolute Gasteiger partial charge is 0.245 e. The molecule has 20 heavy (non-hydrogen) atoms. The van der Waals surface area contributed by atoms with Crippen LogP contribution in [-0.2, 0) is 0 Å². The number of hydrogen-bond acceptors (Lipinski definition) is 4. The summed E-state index contributed by atoms with van der Waals surface area (Å²) in [4.78, 5) is 6.89. The lowest BCUT2D eigenvalue weighted by atomic mass is 9.90. The zero-order valence-electron chi connectivity index (χ0n) is 12.5. The van der Waals surface area contributed by atoms with Gasteiger partial charge >= 0.3 is 0 Å². The van der Waals surface area contributed by atoms with Crippen molar-refractivity contribution in [2.75, 3.05) is 19.0 Å². The van der Waals surface area contributed by atoms with Gasteiger partial charge in [0.2, 0.25) is 5.95 Å². The highest BCUT2D eigenvalue weighted by molar-refractivity contribution is 5.46. The number of pyridine rings is 1. The first-order valence-electron chi connectivity index (χ1n) is 7.40. The van der Waals surface area contributed by atoms with Crippen molar-refractivity contribution in [3.63, 3.8) is 0 Å². The quantitative estimate of drug-likeness (QED) is 0.929. The Bertz CT molecular complexity index is 583. The fourth-order valence-electron chi connectivity index (χ4n) is 3.04. The van der Waals surface area contributed by atoms with Crippen molar-refractivity contribution in [3.05, 3.63) is 23.9 Å². The number of aromatic nitrogens is 3. The maximum atomic E-state index is 4.65. The van der Waals surface area contributed by atoms with Crippen molar-refractivity contribution in [2.24, 2.45) is 0 Å². The molecule has 2 aromatic rings. The number of nitrogens with zero attached hydrogens (tertiary/aromatic N) is 4. The lowest BCUT2D eigenvalue weighted by molar-refractivity contribution is 0.349. The van der Waals surface area contributed by atoms with E-state index in [2.05, 4.69) is 53.5 Å². The zero-order chi connectivity index (χ0) is 14.1. The average molecular weight is 273 g/mol. The summed E-state index contributed by atoms with van der Waals surface area (Å²) < 4.78 is 1.86. The predicted octanol–water partition coefficient (Wildman–Crippen LogP) is 2.00. The van der Waals surface area contributed by atoms with Crippen LogP contribution >= 0.6 is 0 Å². The number of rotatable bonds is 3. The van der Waals surface area contributed by atoms with Crippen LogP contribution in [0.1, 0.15) is 31.2 Å². The van der Waals surface area contributed by atoms with E-state index in [0.717, 1.165) is 11.6 Å². The molecule has 0 unspecified atom stereocenters. The Balaban J connectivity index is 1.77. The minimum Gasteiger partial charge on any atom is -0.340 e. The SMILES string of the molecule is CNC1CCC(N(C)c2nc3cc(C)ccn3n2)CC1. The number of hydrogen-bond donors (Lipinski definition) is 1. The molecule has 0 bridgehead atoms. The second kappa shape index (κ2) is 5.40. The summed E-state index contributed by atoms with van der Waals surface area (Å²) >= 11 is 0. The van der Waals surface area contributed by atoms with Gasteiger partial charge in [0.1, 0.15) is 0 Å². The fourth-order valence-corrected chi connectivity index (χ4v) is 3.04. The normalized spacial score (nSPS) is 23.1. The Kier molecular flexibility index (Phi) is 3.61. The summed E-state index contributed by atoms with van der Waals surface area (Å²) in [5.74, 6) is 0.837. The van der Waals surface area contributed by atoms with Crippen molar-refractivity contribution in [2.45, 2.75) is 44.7 Å². The number of nitrogens with one attached hydrogen (secondary N) is 1. The first-order chi connectivity index (χ1) is 9.67. The Labute approximate surface area is 120 Å². The summed E-state index contributed by atoms with van der Waals surface area (Å²) in [5.41, 5.74) is 2.14. The van der Waals surface area contributed by atoms with Crippen molar-refractivity contribution >= 4 is 11.6 Å². The van der Waals surface area contributed by atoms with Crippen LogP contribution in [0.2, 0.25) is 0 Å². The largest absolute Gasteiger partial charge is 0.340 e. The van der Waals surface area contributed by atoms with Crippen LogP contribution in [0.3, 0.4) is 0 Å². The summed E-state index contributed by atoms with van der Waals surface area (Å²) in [6, 6.07) is 5.36. The molecule has 0 aliphatic heterocycles. The highest BCUT2D eigenvalue weighted by Crippen LogP contribution is 2.25. The fraction of sp³-hybridized carbons (Fsp3) is 0.600. The van der Waals surface area contributed by atoms with E-state index < -0.39 is 0 Å². The number of aryl methyl sites for hydroxylation is 1. The third kappa shape index (κ3) is 2.50. The highest BCUT2D eigenvalue weighted by Gasteiger charge is 2.25. The molecule has 1 N–H and O–H groups in total. The lowest BCUT2D eigenvalue weighted by Gasteiger charge is -2.33. The predicted molar refractivity (Wildman–Crippen MR) is 81.2 cm³/mol. The highest BCUT2D eigenvalue weighted by atomic mass is 15.4. The molecular weight excluding hydrogens is 250 g/mol. The van der Waals surface area contributed by atoms with Gasteiger partial charge in [-0.3, -0.25) is 0 Å². The molecule has 5 nitrogen and oxygen atoms in total. The Morgan fingerprint density at radius 2 is 2.05 bits per heavy atom. The van der Waals surface area contributed by atoms with E-state index in [1.165, 1.54) is 31.2 Å². The topological polar surface area (TPSA) is 45.5 Å². The number of anilines is 1. The van der Waals surface area contributed by atoms with E-state index in [-0.39, 0.29) is 0 Å². The van der Waals surface area contributed by atoms with Crippen LogP contribution in [-0.4, -0.2) is 40.8 Å². The van der Waals surface area contributed by atoms with Gasteiger partial charge in [-0.15, -0.1) is 5.10 Å².